The minimum absolute atomic E-state index is 0.114. The number of nitrogens with zero attached hydrogens (tertiary/aromatic N) is 1. The quantitative estimate of drug-likeness (QED) is 0.580. The molecule has 4 nitrogen and oxygen atoms in total. The SMILES string of the molecule is CCCCN(CCCC)c1ccc(/C=C2\OC(=S)NC2=O)cc1. The summed E-state index contributed by atoms with van der Waals surface area (Å²) in [6.07, 6.45) is 6.49. The number of rotatable bonds is 8. The van der Waals surface area contributed by atoms with Gasteiger partial charge >= 0.3 is 0 Å². The van der Waals surface area contributed by atoms with E-state index in [0.29, 0.717) is 0 Å². The number of anilines is 1. The lowest BCUT2D eigenvalue weighted by molar-refractivity contribution is -0.116. The van der Waals surface area contributed by atoms with Crippen LogP contribution in [-0.2, 0) is 9.53 Å². The lowest BCUT2D eigenvalue weighted by Gasteiger charge is -2.24. The Morgan fingerprint density at radius 3 is 2.22 bits per heavy atom. The zero-order valence-corrected chi connectivity index (χ0v) is 14.6. The summed E-state index contributed by atoms with van der Waals surface area (Å²) in [7, 11) is 0. The molecule has 0 saturated carbocycles. The van der Waals surface area contributed by atoms with E-state index in [9.17, 15) is 4.79 Å². The number of ether oxygens (including phenoxy) is 1. The van der Waals surface area contributed by atoms with Crippen LogP contribution in [-0.4, -0.2) is 24.2 Å². The molecular formula is C18H24N2O2S. The summed E-state index contributed by atoms with van der Waals surface area (Å²) < 4.78 is 5.18. The Labute approximate surface area is 143 Å². The maximum atomic E-state index is 11.6. The van der Waals surface area contributed by atoms with Gasteiger partial charge in [-0.3, -0.25) is 10.1 Å². The highest BCUT2D eigenvalue weighted by atomic mass is 32.1. The number of nitrogens with one attached hydrogen (secondary N) is 1. The van der Waals surface area contributed by atoms with Crippen LogP contribution < -0.4 is 10.2 Å². The third-order valence-corrected chi connectivity index (χ3v) is 3.95. The van der Waals surface area contributed by atoms with Gasteiger partial charge in [0.2, 0.25) is 0 Å². The third-order valence-electron chi connectivity index (χ3n) is 3.76. The Morgan fingerprint density at radius 2 is 1.74 bits per heavy atom. The zero-order valence-electron chi connectivity index (χ0n) is 13.8. The summed E-state index contributed by atoms with van der Waals surface area (Å²) in [5.41, 5.74) is 2.15. The van der Waals surface area contributed by atoms with Gasteiger partial charge in [0.25, 0.3) is 11.1 Å². The summed E-state index contributed by atoms with van der Waals surface area (Å²) in [5, 5.41) is 2.57. The fraction of sp³-hybridized carbons (Fsp3) is 0.444. The molecule has 5 heteroatoms. The Balaban J connectivity index is 2.08. The van der Waals surface area contributed by atoms with E-state index in [2.05, 4.69) is 36.2 Å². The van der Waals surface area contributed by atoms with Crippen molar-refractivity contribution < 1.29 is 9.53 Å². The number of unbranched alkanes of at least 4 members (excludes halogenated alkanes) is 2. The molecule has 1 aromatic carbocycles. The van der Waals surface area contributed by atoms with E-state index in [1.165, 1.54) is 31.4 Å². The highest BCUT2D eigenvalue weighted by Gasteiger charge is 2.22. The van der Waals surface area contributed by atoms with Crippen molar-refractivity contribution in [3.8, 4) is 0 Å². The van der Waals surface area contributed by atoms with Crippen molar-refractivity contribution in [3.63, 3.8) is 0 Å². The second-order valence-corrected chi connectivity index (χ2v) is 6.01. The lowest BCUT2D eigenvalue weighted by Crippen LogP contribution is -2.25. The number of amides is 1. The predicted octanol–water partition coefficient (Wildman–Crippen LogP) is 3.87. The van der Waals surface area contributed by atoms with Crippen LogP contribution in [0.3, 0.4) is 0 Å². The lowest BCUT2D eigenvalue weighted by atomic mass is 10.1. The van der Waals surface area contributed by atoms with Crippen LogP contribution in [0.1, 0.15) is 45.1 Å². The molecular weight excluding hydrogens is 308 g/mol. The molecule has 1 aromatic rings. The van der Waals surface area contributed by atoms with Crippen molar-refractivity contribution in [2.24, 2.45) is 0 Å². The molecule has 0 aliphatic carbocycles. The van der Waals surface area contributed by atoms with Crippen LogP contribution in [0.4, 0.5) is 5.69 Å². The van der Waals surface area contributed by atoms with Gasteiger partial charge in [-0.15, -0.1) is 0 Å². The maximum absolute atomic E-state index is 11.6. The Morgan fingerprint density at radius 1 is 1.13 bits per heavy atom. The molecule has 1 saturated heterocycles. The van der Waals surface area contributed by atoms with E-state index < -0.39 is 0 Å². The monoisotopic (exact) mass is 332 g/mol. The van der Waals surface area contributed by atoms with Crippen LogP contribution in [0.15, 0.2) is 30.0 Å². The highest BCUT2D eigenvalue weighted by molar-refractivity contribution is 7.80. The zero-order chi connectivity index (χ0) is 16.7. The Kier molecular flexibility index (Phi) is 6.59. The van der Waals surface area contributed by atoms with Crippen molar-refractivity contribution in [1.82, 2.24) is 5.32 Å². The maximum Gasteiger partial charge on any atom is 0.294 e. The number of hydrogen-bond donors (Lipinski definition) is 1. The van der Waals surface area contributed by atoms with Crippen molar-refractivity contribution in [2.45, 2.75) is 39.5 Å². The van der Waals surface area contributed by atoms with Gasteiger partial charge in [-0.05, 0) is 48.8 Å². The molecule has 0 radical (unpaired) electrons. The van der Waals surface area contributed by atoms with Crippen LogP contribution in [0, 0.1) is 0 Å². The molecule has 0 atom stereocenters. The van der Waals surface area contributed by atoms with E-state index in [0.717, 1.165) is 18.7 Å². The Hall–Kier alpha value is -1.88. The molecule has 1 N–H and O–H groups in total. The summed E-state index contributed by atoms with van der Waals surface area (Å²) in [4.78, 5) is 14.0. The van der Waals surface area contributed by atoms with Gasteiger partial charge in [0.05, 0.1) is 0 Å². The van der Waals surface area contributed by atoms with E-state index >= 15 is 0 Å². The van der Waals surface area contributed by atoms with E-state index in [1.54, 1.807) is 6.08 Å². The summed E-state index contributed by atoms with van der Waals surface area (Å²) in [6.45, 7) is 6.59. The number of thiocarbonyl (C=S) groups is 1. The van der Waals surface area contributed by atoms with Gasteiger partial charge in [0.15, 0.2) is 5.76 Å². The number of hydrogen-bond acceptors (Lipinski definition) is 4. The van der Waals surface area contributed by atoms with Gasteiger partial charge in [0.1, 0.15) is 0 Å². The summed E-state index contributed by atoms with van der Waals surface area (Å²) in [5.74, 6) is -0.0387. The molecule has 0 spiro atoms. The van der Waals surface area contributed by atoms with Crippen LogP contribution >= 0.6 is 12.2 Å². The first-order valence-electron chi connectivity index (χ1n) is 8.24. The van der Waals surface area contributed by atoms with Crippen molar-refractivity contribution in [1.29, 1.82) is 0 Å². The molecule has 0 aromatic heterocycles. The molecule has 124 valence electrons. The largest absolute Gasteiger partial charge is 0.426 e. The summed E-state index contributed by atoms with van der Waals surface area (Å²) >= 11 is 4.82. The number of benzene rings is 1. The molecule has 0 bridgehead atoms. The second kappa shape index (κ2) is 8.67. The fourth-order valence-electron chi connectivity index (χ4n) is 2.42. The van der Waals surface area contributed by atoms with E-state index in [-0.39, 0.29) is 16.8 Å². The molecule has 1 fully saturated rings. The van der Waals surface area contributed by atoms with Crippen molar-refractivity contribution >= 4 is 35.1 Å². The van der Waals surface area contributed by atoms with Crippen LogP contribution in [0.2, 0.25) is 0 Å². The molecule has 1 aliphatic rings. The first kappa shape index (κ1) is 17.5. The number of carbonyl (C=O) groups excluding carboxylic acids is 1. The predicted molar refractivity (Wildman–Crippen MR) is 98.3 cm³/mol. The highest BCUT2D eigenvalue weighted by Crippen LogP contribution is 2.19. The molecule has 23 heavy (non-hydrogen) atoms. The van der Waals surface area contributed by atoms with Gasteiger partial charge in [0, 0.05) is 18.8 Å². The van der Waals surface area contributed by atoms with Gasteiger partial charge < -0.3 is 9.64 Å². The summed E-state index contributed by atoms with van der Waals surface area (Å²) in [6, 6.07) is 8.21. The average Bonchev–Trinajstić information content (AvgIpc) is 2.86. The smallest absolute Gasteiger partial charge is 0.294 e. The van der Waals surface area contributed by atoms with Crippen molar-refractivity contribution in [2.75, 3.05) is 18.0 Å². The van der Waals surface area contributed by atoms with Gasteiger partial charge in [-0.25, -0.2) is 0 Å². The topological polar surface area (TPSA) is 41.6 Å². The first-order chi connectivity index (χ1) is 11.1. The van der Waals surface area contributed by atoms with Crippen molar-refractivity contribution in [3.05, 3.63) is 35.6 Å². The third kappa shape index (κ3) is 5.06. The van der Waals surface area contributed by atoms with Gasteiger partial charge in [-0.2, -0.15) is 0 Å². The number of carbonyl (C=O) groups is 1. The standard InChI is InChI=1S/C18H24N2O2S/c1-3-5-11-20(12-6-4-2)15-9-7-14(8-10-15)13-16-17(21)19-18(23)22-16/h7-10,13H,3-6,11-12H2,1-2H3,(H,19,21,23)/b16-13-. The minimum atomic E-state index is -0.286. The molecule has 2 rings (SSSR count). The first-order valence-corrected chi connectivity index (χ1v) is 8.64. The second-order valence-electron chi connectivity index (χ2n) is 5.64. The molecule has 1 amide bonds. The normalized spacial score (nSPS) is 15.7. The Bertz CT molecular complexity index is 573. The minimum Gasteiger partial charge on any atom is -0.426 e. The van der Waals surface area contributed by atoms with Crippen LogP contribution in [0.5, 0.6) is 0 Å². The molecule has 1 heterocycles. The average molecular weight is 332 g/mol. The van der Waals surface area contributed by atoms with Gasteiger partial charge in [-0.1, -0.05) is 38.8 Å². The van der Waals surface area contributed by atoms with E-state index in [4.69, 9.17) is 17.0 Å². The van der Waals surface area contributed by atoms with Crippen LogP contribution in [0.25, 0.3) is 6.08 Å². The molecule has 1 aliphatic heterocycles. The van der Waals surface area contributed by atoms with E-state index in [1.807, 2.05) is 12.1 Å². The molecule has 0 unspecified atom stereocenters. The fourth-order valence-corrected chi connectivity index (χ4v) is 2.60.